The van der Waals surface area contributed by atoms with Gasteiger partial charge < -0.3 is 19.4 Å². The average molecular weight is 289 g/mol. The first-order valence-corrected chi connectivity index (χ1v) is 7.25. The molecule has 2 aromatic rings. The molecule has 0 saturated heterocycles. The third-order valence-electron chi connectivity index (χ3n) is 3.11. The number of ether oxygens (including phenoxy) is 2. The van der Waals surface area contributed by atoms with Crippen molar-refractivity contribution >= 4 is 11.6 Å². The second kappa shape index (κ2) is 7.69. The minimum atomic E-state index is 0.762. The zero-order valence-corrected chi connectivity index (χ0v) is 12.9. The number of anilines is 2. The number of nitrogens with one attached hydrogen (secondary N) is 1. The van der Waals surface area contributed by atoms with Gasteiger partial charge in [-0.15, -0.1) is 0 Å². The molecule has 0 aliphatic rings. The van der Waals surface area contributed by atoms with E-state index in [1.165, 1.54) is 0 Å². The van der Waals surface area contributed by atoms with Crippen molar-refractivity contribution < 1.29 is 9.47 Å². The van der Waals surface area contributed by atoms with E-state index in [2.05, 4.69) is 21.1 Å². The van der Waals surface area contributed by atoms with Crippen molar-refractivity contribution in [2.45, 2.75) is 26.8 Å². The molecular formula is C16H23N3O2. The van der Waals surface area contributed by atoms with Crippen LogP contribution in [0.5, 0.6) is 5.75 Å². The molecule has 5 heteroatoms. The van der Waals surface area contributed by atoms with E-state index in [9.17, 15) is 0 Å². The number of hydrogen-bond donors (Lipinski definition) is 1. The summed E-state index contributed by atoms with van der Waals surface area (Å²) < 4.78 is 12.7. The Morgan fingerprint density at radius 1 is 1.33 bits per heavy atom. The first kappa shape index (κ1) is 15.4. The molecule has 0 radical (unpaired) electrons. The van der Waals surface area contributed by atoms with E-state index in [1.807, 2.05) is 38.1 Å². The van der Waals surface area contributed by atoms with Gasteiger partial charge >= 0.3 is 0 Å². The molecule has 1 aromatic heterocycles. The lowest BCUT2D eigenvalue weighted by Gasteiger charge is -2.10. The summed E-state index contributed by atoms with van der Waals surface area (Å²) in [6.07, 6.45) is 3.02. The molecule has 0 unspecified atom stereocenters. The molecule has 0 bridgehead atoms. The lowest BCUT2D eigenvalue weighted by molar-refractivity contribution is 0.142. The number of nitrogens with zero attached hydrogens (tertiary/aromatic N) is 2. The summed E-state index contributed by atoms with van der Waals surface area (Å²) in [7, 11) is 1.66. The molecule has 1 aromatic carbocycles. The van der Waals surface area contributed by atoms with Crippen LogP contribution in [0.1, 0.15) is 19.0 Å². The number of methoxy groups -OCH3 is 1. The second-order valence-corrected chi connectivity index (χ2v) is 4.81. The topological polar surface area (TPSA) is 48.3 Å². The molecule has 1 heterocycles. The third-order valence-corrected chi connectivity index (χ3v) is 3.11. The maximum absolute atomic E-state index is 5.38. The number of aromatic nitrogens is 2. The van der Waals surface area contributed by atoms with E-state index in [0.717, 1.165) is 49.3 Å². The van der Waals surface area contributed by atoms with Crippen LogP contribution < -0.4 is 10.1 Å². The van der Waals surface area contributed by atoms with Gasteiger partial charge in [-0.05, 0) is 32.4 Å². The SMILES string of the molecule is CCOCCCn1cc(C)nc1Nc1cccc(OC)c1. The number of imidazole rings is 1. The van der Waals surface area contributed by atoms with Gasteiger partial charge in [0.1, 0.15) is 5.75 Å². The van der Waals surface area contributed by atoms with E-state index < -0.39 is 0 Å². The van der Waals surface area contributed by atoms with Crippen LogP contribution in [0.15, 0.2) is 30.5 Å². The highest BCUT2D eigenvalue weighted by Crippen LogP contribution is 2.21. The van der Waals surface area contributed by atoms with Crippen molar-refractivity contribution in [2.24, 2.45) is 0 Å². The van der Waals surface area contributed by atoms with Gasteiger partial charge in [0.05, 0.1) is 12.8 Å². The quantitative estimate of drug-likeness (QED) is 0.757. The molecule has 114 valence electrons. The monoisotopic (exact) mass is 289 g/mol. The number of benzene rings is 1. The fourth-order valence-electron chi connectivity index (χ4n) is 2.13. The minimum Gasteiger partial charge on any atom is -0.497 e. The zero-order valence-electron chi connectivity index (χ0n) is 12.9. The highest BCUT2D eigenvalue weighted by Gasteiger charge is 2.06. The number of rotatable bonds is 8. The standard InChI is InChI=1S/C16H23N3O2/c1-4-21-10-6-9-19-12-13(2)17-16(19)18-14-7-5-8-15(11-14)20-3/h5,7-8,11-12H,4,6,9-10H2,1-3H3,(H,17,18). The summed E-state index contributed by atoms with van der Waals surface area (Å²) in [6.45, 7) is 6.42. The predicted molar refractivity (Wildman–Crippen MR) is 84.4 cm³/mol. The molecule has 0 amide bonds. The smallest absolute Gasteiger partial charge is 0.207 e. The lowest BCUT2D eigenvalue weighted by atomic mass is 10.3. The minimum absolute atomic E-state index is 0.762. The van der Waals surface area contributed by atoms with Crippen LogP contribution in [-0.4, -0.2) is 29.9 Å². The van der Waals surface area contributed by atoms with Crippen LogP contribution >= 0.6 is 0 Å². The van der Waals surface area contributed by atoms with Crippen molar-refractivity contribution in [1.82, 2.24) is 9.55 Å². The van der Waals surface area contributed by atoms with Crippen LogP contribution in [0.25, 0.3) is 0 Å². The molecule has 0 saturated carbocycles. The summed E-state index contributed by atoms with van der Waals surface area (Å²) in [4.78, 5) is 4.53. The van der Waals surface area contributed by atoms with E-state index >= 15 is 0 Å². The summed E-state index contributed by atoms with van der Waals surface area (Å²) in [5.74, 6) is 1.67. The van der Waals surface area contributed by atoms with Crippen LogP contribution in [0, 0.1) is 6.92 Å². The summed E-state index contributed by atoms with van der Waals surface area (Å²) >= 11 is 0. The Balaban J connectivity index is 2.04. The van der Waals surface area contributed by atoms with Crippen molar-refractivity contribution in [2.75, 3.05) is 25.6 Å². The molecular weight excluding hydrogens is 266 g/mol. The highest BCUT2D eigenvalue weighted by molar-refractivity contribution is 5.56. The van der Waals surface area contributed by atoms with Gasteiger partial charge in [0.15, 0.2) is 0 Å². The molecule has 0 atom stereocenters. The second-order valence-electron chi connectivity index (χ2n) is 4.81. The van der Waals surface area contributed by atoms with E-state index in [0.29, 0.717) is 0 Å². The van der Waals surface area contributed by atoms with Crippen molar-refractivity contribution in [1.29, 1.82) is 0 Å². The number of aryl methyl sites for hydroxylation is 2. The van der Waals surface area contributed by atoms with Crippen LogP contribution in [0.2, 0.25) is 0 Å². The zero-order chi connectivity index (χ0) is 15.1. The van der Waals surface area contributed by atoms with E-state index in [1.54, 1.807) is 7.11 Å². The van der Waals surface area contributed by atoms with Crippen molar-refractivity contribution in [3.8, 4) is 5.75 Å². The van der Waals surface area contributed by atoms with Gasteiger partial charge in [0.2, 0.25) is 5.95 Å². The lowest BCUT2D eigenvalue weighted by Crippen LogP contribution is -2.06. The van der Waals surface area contributed by atoms with Crippen LogP contribution in [0.3, 0.4) is 0 Å². The Morgan fingerprint density at radius 2 is 2.19 bits per heavy atom. The Morgan fingerprint density at radius 3 is 2.95 bits per heavy atom. The fourth-order valence-corrected chi connectivity index (χ4v) is 2.13. The molecule has 0 aliphatic heterocycles. The Kier molecular flexibility index (Phi) is 5.63. The Labute approximate surface area is 125 Å². The van der Waals surface area contributed by atoms with Gasteiger partial charge in [0.25, 0.3) is 0 Å². The normalized spacial score (nSPS) is 10.6. The molecule has 0 fully saturated rings. The first-order chi connectivity index (χ1) is 10.2. The van der Waals surface area contributed by atoms with Crippen molar-refractivity contribution in [3.63, 3.8) is 0 Å². The van der Waals surface area contributed by atoms with Gasteiger partial charge in [0, 0.05) is 37.7 Å². The predicted octanol–water partition coefficient (Wildman–Crippen LogP) is 3.37. The van der Waals surface area contributed by atoms with Crippen LogP contribution in [-0.2, 0) is 11.3 Å². The van der Waals surface area contributed by atoms with E-state index in [4.69, 9.17) is 9.47 Å². The highest BCUT2D eigenvalue weighted by atomic mass is 16.5. The van der Waals surface area contributed by atoms with E-state index in [-0.39, 0.29) is 0 Å². The molecule has 1 N–H and O–H groups in total. The molecule has 0 spiro atoms. The first-order valence-electron chi connectivity index (χ1n) is 7.25. The van der Waals surface area contributed by atoms with Gasteiger partial charge in [-0.1, -0.05) is 6.07 Å². The largest absolute Gasteiger partial charge is 0.497 e. The third kappa shape index (κ3) is 4.49. The summed E-state index contributed by atoms with van der Waals surface area (Å²) in [5.41, 5.74) is 1.96. The van der Waals surface area contributed by atoms with Gasteiger partial charge in [-0.3, -0.25) is 0 Å². The fraction of sp³-hybridized carbons (Fsp3) is 0.438. The van der Waals surface area contributed by atoms with Crippen molar-refractivity contribution in [3.05, 3.63) is 36.2 Å². The Bertz CT molecular complexity index is 566. The van der Waals surface area contributed by atoms with Gasteiger partial charge in [-0.25, -0.2) is 4.98 Å². The summed E-state index contributed by atoms with van der Waals surface area (Å²) in [5, 5.41) is 3.34. The molecule has 5 nitrogen and oxygen atoms in total. The Hall–Kier alpha value is -2.01. The maximum Gasteiger partial charge on any atom is 0.207 e. The average Bonchev–Trinajstić information content (AvgIpc) is 2.83. The molecule has 2 rings (SSSR count). The number of hydrogen-bond acceptors (Lipinski definition) is 4. The maximum atomic E-state index is 5.38. The summed E-state index contributed by atoms with van der Waals surface area (Å²) in [6, 6.07) is 7.83. The van der Waals surface area contributed by atoms with Crippen LogP contribution in [0.4, 0.5) is 11.6 Å². The van der Waals surface area contributed by atoms with Gasteiger partial charge in [-0.2, -0.15) is 0 Å². The molecule has 21 heavy (non-hydrogen) atoms. The molecule has 0 aliphatic carbocycles.